The molecule has 0 unspecified atom stereocenters. The molecule has 2 aromatic heterocycles. The highest BCUT2D eigenvalue weighted by atomic mass is 32.2. The van der Waals surface area contributed by atoms with Crippen LogP contribution in [0.25, 0.3) is 11.5 Å². The molecule has 11 nitrogen and oxygen atoms in total. The zero-order chi connectivity index (χ0) is 23.5. The molecule has 1 aliphatic rings. The summed E-state index contributed by atoms with van der Waals surface area (Å²) in [6, 6.07) is 16.3. The molecule has 34 heavy (non-hydrogen) atoms. The van der Waals surface area contributed by atoms with Crippen LogP contribution in [0.5, 0.6) is 11.5 Å². The van der Waals surface area contributed by atoms with E-state index in [1.807, 2.05) is 24.3 Å². The first kappa shape index (κ1) is 21.5. The van der Waals surface area contributed by atoms with Crippen LogP contribution in [0.4, 0.5) is 23.2 Å². The summed E-state index contributed by atoms with van der Waals surface area (Å²) >= 11 is 0. The zero-order valence-corrected chi connectivity index (χ0v) is 18.8. The Bertz CT molecular complexity index is 1420. The minimum Gasteiger partial charge on any atom is -0.454 e. The first-order valence-electron chi connectivity index (χ1n) is 10.2. The largest absolute Gasteiger partial charge is 0.454 e. The molecule has 1 aliphatic heterocycles. The van der Waals surface area contributed by atoms with Gasteiger partial charge in [-0.3, -0.25) is 4.72 Å². The lowest BCUT2D eigenvalue weighted by atomic mass is 10.2. The third kappa shape index (κ3) is 5.02. The van der Waals surface area contributed by atoms with E-state index in [1.165, 1.54) is 0 Å². The molecule has 3 heterocycles. The van der Waals surface area contributed by atoms with Gasteiger partial charge in [0.05, 0.1) is 11.8 Å². The number of nitrogens with zero attached hydrogens (tertiary/aromatic N) is 3. The number of pyridine rings is 1. The number of sulfonamides is 1. The number of hydrogen-bond donors (Lipinski definition) is 3. The number of fused-ring (bicyclic) bond motifs is 1. The van der Waals surface area contributed by atoms with Crippen LogP contribution < -0.4 is 24.8 Å². The van der Waals surface area contributed by atoms with Crippen molar-refractivity contribution in [3.8, 4) is 23.0 Å². The molecular formula is C22H20N6O5S. The summed E-state index contributed by atoms with van der Waals surface area (Å²) in [4.78, 5) is 4.39. The van der Waals surface area contributed by atoms with Gasteiger partial charge < -0.3 is 24.5 Å². The summed E-state index contributed by atoms with van der Waals surface area (Å²) in [5.41, 5.74) is 2.80. The van der Waals surface area contributed by atoms with E-state index < -0.39 is 10.0 Å². The second kappa shape index (κ2) is 8.90. The molecule has 0 saturated carbocycles. The van der Waals surface area contributed by atoms with Crippen molar-refractivity contribution < 1.29 is 22.3 Å². The molecule has 0 bridgehead atoms. The number of ether oxygens (including phenoxy) is 2. The number of aromatic nitrogens is 3. The van der Waals surface area contributed by atoms with Gasteiger partial charge in [-0.2, -0.15) is 0 Å². The average molecular weight is 481 g/mol. The van der Waals surface area contributed by atoms with E-state index in [0.29, 0.717) is 41.0 Å². The number of hydrogen-bond acceptors (Lipinski definition) is 10. The Kier molecular flexibility index (Phi) is 5.64. The van der Waals surface area contributed by atoms with Crippen LogP contribution in [-0.2, 0) is 16.6 Å². The lowest BCUT2D eigenvalue weighted by Crippen LogP contribution is -2.09. The quantitative estimate of drug-likeness (QED) is 0.343. The highest BCUT2D eigenvalue weighted by molar-refractivity contribution is 7.92. The van der Waals surface area contributed by atoms with Gasteiger partial charge in [-0.05, 0) is 42.0 Å². The Balaban J connectivity index is 1.27. The van der Waals surface area contributed by atoms with Crippen LogP contribution in [0.2, 0.25) is 0 Å². The van der Waals surface area contributed by atoms with Crippen LogP contribution in [0.1, 0.15) is 5.56 Å². The average Bonchev–Trinajstić information content (AvgIpc) is 3.47. The van der Waals surface area contributed by atoms with Crippen LogP contribution in [0.3, 0.4) is 0 Å². The van der Waals surface area contributed by atoms with Gasteiger partial charge in [-0.15, -0.1) is 5.10 Å². The third-order valence-corrected chi connectivity index (χ3v) is 5.41. The van der Waals surface area contributed by atoms with Crippen LogP contribution >= 0.6 is 0 Å². The van der Waals surface area contributed by atoms with E-state index in [1.54, 1.807) is 36.5 Å². The Morgan fingerprint density at radius 2 is 1.76 bits per heavy atom. The van der Waals surface area contributed by atoms with Crippen molar-refractivity contribution in [2.75, 3.05) is 28.4 Å². The Hall–Kier alpha value is -4.32. The molecule has 0 fully saturated rings. The summed E-state index contributed by atoms with van der Waals surface area (Å²) in [5, 5.41) is 14.5. The fourth-order valence-corrected chi connectivity index (χ4v) is 3.85. The van der Waals surface area contributed by atoms with E-state index in [4.69, 9.17) is 13.9 Å². The molecule has 0 saturated heterocycles. The highest BCUT2D eigenvalue weighted by Crippen LogP contribution is 2.35. The number of rotatable bonds is 8. The van der Waals surface area contributed by atoms with Gasteiger partial charge in [-0.25, -0.2) is 13.4 Å². The van der Waals surface area contributed by atoms with Crippen molar-refractivity contribution in [1.82, 2.24) is 15.2 Å². The molecule has 0 aliphatic carbocycles. The molecule has 0 spiro atoms. The topological polar surface area (TPSA) is 140 Å². The van der Waals surface area contributed by atoms with Crippen molar-refractivity contribution in [3.63, 3.8) is 0 Å². The van der Waals surface area contributed by atoms with Gasteiger partial charge in [0, 0.05) is 30.2 Å². The van der Waals surface area contributed by atoms with E-state index in [-0.39, 0.29) is 12.8 Å². The predicted molar refractivity (Wildman–Crippen MR) is 126 cm³/mol. The van der Waals surface area contributed by atoms with Gasteiger partial charge >= 0.3 is 6.01 Å². The molecule has 0 atom stereocenters. The number of nitrogens with one attached hydrogen (secondary N) is 3. The Labute approximate surface area is 195 Å². The van der Waals surface area contributed by atoms with Crippen molar-refractivity contribution in [3.05, 3.63) is 66.4 Å². The molecule has 5 rings (SSSR count). The summed E-state index contributed by atoms with van der Waals surface area (Å²) in [6.07, 6.45) is 2.77. The van der Waals surface area contributed by atoms with Crippen molar-refractivity contribution in [2.45, 2.75) is 6.54 Å². The van der Waals surface area contributed by atoms with Gasteiger partial charge in [0.25, 0.3) is 5.89 Å². The molecule has 3 N–H and O–H groups in total. The second-order valence-corrected chi connectivity index (χ2v) is 9.18. The molecule has 0 radical (unpaired) electrons. The second-order valence-electron chi connectivity index (χ2n) is 7.43. The first-order valence-corrected chi connectivity index (χ1v) is 12.1. The van der Waals surface area contributed by atoms with Gasteiger partial charge in [0.15, 0.2) is 11.5 Å². The minimum absolute atomic E-state index is 0.196. The lowest BCUT2D eigenvalue weighted by Gasteiger charge is -2.09. The summed E-state index contributed by atoms with van der Waals surface area (Å²) in [6.45, 7) is 0.654. The van der Waals surface area contributed by atoms with E-state index in [9.17, 15) is 8.42 Å². The van der Waals surface area contributed by atoms with E-state index in [2.05, 4.69) is 30.5 Å². The Morgan fingerprint density at radius 3 is 2.59 bits per heavy atom. The summed E-state index contributed by atoms with van der Waals surface area (Å²) < 4.78 is 41.6. The third-order valence-electron chi connectivity index (χ3n) is 4.80. The van der Waals surface area contributed by atoms with E-state index in [0.717, 1.165) is 17.5 Å². The predicted octanol–water partition coefficient (Wildman–Crippen LogP) is 3.59. The molecular weight excluding hydrogens is 460 g/mol. The lowest BCUT2D eigenvalue weighted by molar-refractivity contribution is 0.174. The fourth-order valence-electron chi connectivity index (χ4n) is 3.29. The maximum Gasteiger partial charge on any atom is 0.320 e. The van der Waals surface area contributed by atoms with Gasteiger partial charge in [-0.1, -0.05) is 17.2 Å². The fraction of sp³-hybridized carbons (Fsp3) is 0.136. The standard InChI is InChI=1S/C22H20N6O5S/c1-34(29,30)28-15-6-4-14(5-7-15)12-24-20-17(3-2-10-23-20)21-26-27-22(33-21)25-16-8-9-18-19(11-16)32-13-31-18/h2-11,28H,12-13H2,1H3,(H,23,24)(H,25,27). The molecule has 4 aromatic rings. The maximum absolute atomic E-state index is 11.4. The first-order chi connectivity index (χ1) is 16.4. The summed E-state index contributed by atoms with van der Waals surface area (Å²) in [7, 11) is -3.32. The normalized spacial score (nSPS) is 12.4. The number of anilines is 4. The van der Waals surface area contributed by atoms with Crippen LogP contribution in [0, 0.1) is 0 Å². The minimum atomic E-state index is -3.32. The van der Waals surface area contributed by atoms with Gasteiger partial charge in [0.2, 0.25) is 16.8 Å². The van der Waals surface area contributed by atoms with Crippen LogP contribution in [0.15, 0.2) is 65.2 Å². The van der Waals surface area contributed by atoms with Crippen molar-refractivity contribution in [2.24, 2.45) is 0 Å². The summed E-state index contributed by atoms with van der Waals surface area (Å²) in [5.74, 6) is 2.19. The molecule has 12 heteroatoms. The highest BCUT2D eigenvalue weighted by Gasteiger charge is 2.16. The zero-order valence-electron chi connectivity index (χ0n) is 18.0. The molecule has 174 valence electrons. The molecule has 0 amide bonds. The monoisotopic (exact) mass is 480 g/mol. The van der Waals surface area contributed by atoms with Gasteiger partial charge in [0.1, 0.15) is 5.82 Å². The number of benzene rings is 2. The molecule has 2 aromatic carbocycles. The van der Waals surface area contributed by atoms with Crippen LogP contribution in [-0.4, -0.2) is 36.6 Å². The van der Waals surface area contributed by atoms with Crippen molar-refractivity contribution >= 4 is 33.2 Å². The van der Waals surface area contributed by atoms with E-state index >= 15 is 0 Å². The maximum atomic E-state index is 11.4. The SMILES string of the molecule is CS(=O)(=O)Nc1ccc(CNc2ncccc2-c2nnc(Nc3ccc4c(c3)OCO4)o2)cc1. The smallest absolute Gasteiger partial charge is 0.320 e. The van der Waals surface area contributed by atoms with Crippen molar-refractivity contribution in [1.29, 1.82) is 0 Å². The Morgan fingerprint density at radius 1 is 0.971 bits per heavy atom.